The lowest BCUT2D eigenvalue weighted by Gasteiger charge is -2.26. The third kappa shape index (κ3) is 3.07. The van der Waals surface area contributed by atoms with Crippen LogP contribution < -0.4 is 14.8 Å². The van der Waals surface area contributed by atoms with Gasteiger partial charge in [-0.2, -0.15) is 0 Å². The highest BCUT2D eigenvalue weighted by molar-refractivity contribution is 6.09. The molecule has 2 aliphatic heterocycles. The zero-order valence-electron chi connectivity index (χ0n) is 14.9. The molecule has 1 fully saturated rings. The van der Waals surface area contributed by atoms with Gasteiger partial charge in [-0.05, 0) is 38.1 Å². The first kappa shape index (κ1) is 17.3. The van der Waals surface area contributed by atoms with E-state index in [4.69, 9.17) is 23.4 Å². The lowest BCUT2D eigenvalue weighted by Crippen LogP contribution is -2.52. The van der Waals surface area contributed by atoms with Crippen LogP contribution in [0.4, 0.5) is 5.69 Å². The largest absolute Gasteiger partial charge is 0.465 e. The van der Waals surface area contributed by atoms with Crippen LogP contribution in [0.2, 0.25) is 0 Å². The molecule has 2 aromatic rings. The van der Waals surface area contributed by atoms with E-state index >= 15 is 0 Å². The SMILES string of the molecule is CC(C)OC(=O)[C@@]1(Nc2ccc3c(c2)OCO3)C[C@H](c2ccco2)OC1=O. The number of carbonyl (C=O) groups excluding carboxylic acids is 2. The van der Waals surface area contributed by atoms with Gasteiger partial charge in [-0.15, -0.1) is 0 Å². The summed E-state index contributed by atoms with van der Waals surface area (Å²) in [7, 11) is 0. The number of ether oxygens (including phenoxy) is 4. The van der Waals surface area contributed by atoms with E-state index < -0.39 is 23.6 Å². The van der Waals surface area contributed by atoms with Crippen molar-refractivity contribution in [1.82, 2.24) is 0 Å². The highest BCUT2D eigenvalue weighted by atomic mass is 16.7. The van der Waals surface area contributed by atoms with Crippen molar-refractivity contribution in [2.24, 2.45) is 0 Å². The van der Waals surface area contributed by atoms with Crippen LogP contribution >= 0.6 is 0 Å². The second-order valence-electron chi connectivity index (χ2n) is 6.67. The van der Waals surface area contributed by atoms with E-state index in [0.29, 0.717) is 22.9 Å². The van der Waals surface area contributed by atoms with E-state index in [1.165, 1.54) is 6.26 Å². The van der Waals surface area contributed by atoms with Crippen LogP contribution in [0.5, 0.6) is 11.5 Å². The topological polar surface area (TPSA) is 96.2 Å². The lowest BCUT2D eigenvalue weighted by atomic mass is 9.93. The fraction of sp³-hybridized carbons (Fsp3) is 0.368. The van der Waals surface area contributed by atoms with Crippen LogP contribution in [0.15, 0.2) is 41.0 Å². The molecule has 8 nitrogen and oxygen atoms in total. The molecule has 8 heteroatoms. The fourth-order valence-corrected chi connectivity index (χ4v) is 3.12. The summed E-state index contributed by atoms with van der Waals surface area (Å²) in [5, 5.41) is 3.00. The van der Waals surface area contributed by atoms with E-state index in [1.807, 2.05) is 0 Å². The molecule has 0 bridgehead atoms. The van der Waals surface area contributed by atoms with Crippen molar-refractivity contribution >= 4 is 17.6 Å². The van der Waals surface area contributed by atoms with E-state index in [2.05, 4.69) is 5.32 Å². The molecule has 142 valence electrons. The maximum Gasteiger partial charge on any atom is 0.344 e. The highest BCUT2D eigenvalue weighted by Crippen LogP contribution is 2.41. The average Bonchev–Trinajstić information content (AvgIpc) is 3.34. The molecule has 0 saturated carbocycles. The third-order valence-corrected chi connectivity index (χ3v) is 4.37. The van der Waals surface area contributed by atoms with Gasteiger partial charge in [-0.25, -0.2) is 9.59 Å². The molecule has 1 aromatic carbocycles. The molecule has 0 amide bonds. The predicted molar refractivity (Wildman–Crippen MR) is 92.3 cm³/mol. The third-order valence-electron chi connectivity index (χ3n) is 4.37. The maximum atomic E-state index is 12.9. The van der Waals surface area contributed by atoms with Gasteiger partial charge in [0, 0.05) is 18.2 Å². The molecule has 2 aliphatic rings. The minimum atomic E-state index is -1.69. The van der Waals surface area contributed by atoms with Crippen LogP contribution in [-0.4, -0.2) is 30.4 Å². The zero-order valence-corrected chi connectivity index (χ0v) is 14.9. The van der Waals surface area contributed by atoms with E-state index in [-0.39, 0.29) is 19.3 Å². The van der Waals surface area contributed by atoms with Gasteiger partial charge in [-0.3, -0.25) is 0 Å². The van der Waals surface area contributed by atoms with Crippen LogP contribution in [0.25, 0.3) is 0 Å². The van der Waals surface area contributed by atoms with Crippen molar-refractivity contribution in [2.45, 2.75) is 38.0 Å². The Bertz CT molecular complexity index is 861. The second kappa shape index (κ2) is 6.53. The van der Waals surface area contributed by atoms with Gasteiger partial charge in [0.2, 0.25) is 12.3 Å². The minimum absolute atomic E-state index is 0.0410. The van der Waals surface area contributed by atoms with Crippen LogP contribution in [0.3, 0.4) is 0 Å². The molecule has 3 heterocycles. The number of esters is 2. The summed E-state index contributed by atoms with van der Waals surface area (Å²) < 4.78 is 26.8. The standard InChI is InChI=1S/C19H19NO7/c1-11(2)26-17(21)19(9-16(27-18(19)22)13-4-3-7-23-13)20-12-5-6-14-15(8-12)25-10-24-14/h3-8,11,16,20H,9-10H2,1-2H3/t16-,19+/m1/s1. The van der Waals surface area contributed by atoms with Crippen molar-refractivity contribution in [1.29, 1.82) is 0 Å². The monoisotopic (exact) mass is 373 g/mol. The van der Waals surface area contributed by atoms with E-state index in [1.54, 1.807) is 44.2 Å². The Labute approximate surface area is 155 Å². The van der Waals surface area contributed by atoms with Gasteiger partial charge in [0.05, 0.1) is 12.4 Å². The molecule has 27 heavy (non-hydrogen) atoms. The number of fused-ring (bicyclic) bond motifs is 1. The van der Waals surface area contributed by atoms with E-state index in [0.717, 1.165) is 0 Å². The first-order valence-electron chi connectivity index (χ1n) is 8.61. The summed E-state index contributed by atoms with van der Waals surface area (Å²) in [6, 6.07) is 8.46. The Morgan fingerprint density at radius 2 is 2.07 bits per heavy atom. The van der Waals surface area contributed by atoms with Crippen molar-refractivity contribution in [3.05, 3.63) is 42.4 Å². The quantitative estimate of drug-likeness (QED) is 0.631. The summed E-state index contributed by atoms with van der Waals surface area (Å²) in [4.78, 5) is 25.6. The molecule has 0 aliphatic carbocycles. The van der Waals surface area contributed by atoms with Gasteiger partial charge in [0.25, 0.3) is 0 Å². The summed E-state index contributed by atoms with van der Waals surface area (Å²) in [6.45, 7) is 3.56. The van der Waals surface area contributed by atoms with Crippen LogP contribution in [0.1, 0.15) is 32.1 Å². The van der Waals surface area contributed by atoms with E-state index in [9.17, 15) is 9.59 Å². The van der Waals surface area contributed by atoms with Crippen molar-refractivity contribution in [3.63, 3.8) is 0 Å². The van der Waals surface area contributed by atoms with Gasteiger partial charge in [0.1, 0.15) is 5.76 Å². The van der Waals surface area contributed by atoms with Crippen molar-refractivity contribution in [3.8, 4) is 11.5 Å². The van der Waals surface area contributed by atoms with Crippen LogP contribution in [0, 0.1) is 0 Å². The summed E-state index contributed by atoms with van der Waals surface area (Å²) in [5.74, 6) is 0.180. The lowest BCUT2D eigenvalue weighted by molar-refractivity contribution is -0.160. The molecular formula is C19H19NO7. The molecule has 4 rings (SSSR count). The number of cyclic esters (lactones) is 1. The predicted octanol–water partition coefficient (Wildman–Crippen LogP) is 2.80. The van der Waals surface area contributed by atoms with Gasteiger partial charge >= 0.3 is 11.9 Å². The number of hydrogen-bond donors (Lipinski definition) is 1. The van der Waals surface area contributed by atoms with Gasteiger partial charge in [-0.1, -0.05) is 0 Å². The Morgan fingerprint density at radius 1 is 1.26 bits per heavy atom. The Balaban J connectivity index is 1.66. The van der Waals surface area contributed by atoms with Crippen molar-refractivity contribution in [2.75, 3.05) is 12.1 Å². The Kier molecular flexibility index (Phi) is 4.18. The normalized spacial score (nSPS) is 23.4. The summed E-state index contributed by atoms with van der Waals surface area (Å²) in [6.07, 6.45) is 0.456. The number of benzene rings is 1. The number of furan rings is 1. The first-order valence-corrected chi connectivity index (χ1v) is 8.61. The highest BCUT2D eigenvalue weighted by Gasteiger charge is 2.58. The van der Waals surface area contributed by atoms with Gasteiger partial charge < -0.3 is 28.7 Å². The van der Waals surface area contributed by atoms with Gasteiger partial charge in [0.15, 0.2) is 17.6 Å². The molecule has 2 atom stereocenters. The second-order valence-corrected chi connectivity index (χ2v) is 6.67. The molecule has 0 spiro atoms. The number of anilines is 1. The molecule has 1 aromatic heterocycles. The molecule has 0 radical (unpaired) electrons. The average molecular weight is 373 g/mol. The van der Waals surface area contributed by atoms with Crippen LogP contribution in [-0.2, 0) is 19.1 Å². The number of carbonyl (C=O) groups is 2. The number of rotatable bonds is 5. The Hall–Kier alpha value is -3.16. The smallest absolute Gasteiger partial charge is 0.344 e. The minimum Gasteiger partial charge on any atom is -0.465 e. The maximum absolute atomic E-state index is 12.9. The molecule has 1 N–H and O–H groups in total. The number of hydrogen-bond acceptors (Lipinski definition) is 8. The summed E-state index contributed by atoms with van der Waals surface area (Å²) >= 11 is 0. The molecular weight excluding hydrogens is 354 g/mol. The number of nitrogens with one attached hydrogen (secondary N) is 1. The fourth-order valence-electron chi connectivity index (χ4n) is 3.12. The molecule has 1 saturated heterocycles. The zero-order chi connectivity index (χ0) is 19.0. The first-order chi connectivity index (χ1) is 13.0. The van der Waals surface area contributed by atoms with Crippen molar-refractivity contribution < 1.29 is 33.0 Å². The molecule has 0 unspecified atom stereocenters. The Morgan fingerprint density at radius 3 is 2.81 bits per heavy atom. The summed E-state index contributed by atoms with van der Waals surface area (Å²) in [5.41, 5.74) is -1.17.